The molecule has 0 aromatic heterocycles. The van der Waals surface area contributed by atoms with Crippen LogP contribution in [0, 0.1) is 0 Å². The first-order valence-corrected chi connectivity index (χ1v) is 9.66. The van der Waals surface area contributed by atoms with E-state index in [4.69, 9.17) is 5.73 Å². The highest BCUT2D eigenvalue weighted by Crippen LogP contribution is 2.24. The Bertz CT molecular complexity index is 526. The molecule has 0 saturated carbocycles. The monoisotopic (exact) mass is 314 g/mol. The second-order valence-corrected chi connectivity index (χ2v) is 8.34. The van der Waals surface area contributed by atoms with Crippen molar-refractivity contribution in [3.8, 4) is 0 Å². The van der Waals surface area contributed by atoms with Crippen molar-refractivity contribution in [3.05, 3.63) is 35.4 Å². The molecule has 0 radical (unpaired) electrons. The third-order valence-corrected chi connectivity index (χ3v) is 6.11. The normalized spacial score (nSPS) is 19.9. The molecule has 1 aliphatic rings. The van der Waals surface area contributed by atoms with E-state index in [2.05, 4.69) is 4.72 Å². The van der Waals surface area contributed by atoms with Crippen LogP contribution in [0.2, 0.25) is 0 Å². The molecule has 4 nitrogen and oxygen atoms in total. The number of nitrogens with one attached hydrogen (secondary N) is 1. The Labute approximate surface area is 125 Å². The summed E-state index contributed by atoms with van der Waals surface area (Å²) in [5.74, 6) is 1.17. The van der Waals surface area contributed by atoms with Gasteiger partial charge in [0.2, 0.25) is 10.0 Å². The minimum Gasteiger partial charge on any atom is -0.326 e. The zero-order valence-corrected chi connectivity index (χ0v) is 13.2. The average molecular weight is 314 g/mol. The van der Waals surface area contributed by atoms with Crippen molar-refractivity contribution >= 4 is 21.8 Å². The third kappa shape index (κ3) is 5.09. The van der Waals surface area contributed by atoms with Gasteiger partial charge >= 0.3 is 0 Å². The Kier molecular flexibility index (Phi) is 5.89. The van der Waals surface area contributed by atoms with Gasteiger partial charge in [-0.15, -0.1) is 0 Å². The molecule has 1 heterocycles. The molecular formula is C14H22N2O2S2. The SMILES string of the molecule is NCc1cccc(CS(=O)(=O)NCC2CCCCS2)c1. The molecule has 20 heavy (non-hydrogen) atoms. The maximum Gasteiger partial charge on any atom is 0.215 e. The fourth-order valence-electron chi connectivity index (χ4n) is 2.31. The molecule has 1 aromatic carbocycles. The number of thioether (sulfide) groups is 1. The van der Waals surface area contributed by atoms with Gasteiger partial charge in [-0.05, 0) is 29.7 Å². The molecule has 1 aliphatic heterocycles. The van der Waals surface area contributed by atoms with Gasteiger partial charge in [0.15, 0.2) is 0 Å². The summed E-state index contributed by atoms with van der Waals surface area (Å²) in [6.45, 7) is 0.976. The van der Waals surface area contributed by atoms with E-state index >= 15 is 0 Å². The van der Waals surface area contributed by atoms with Crippen LogP contribution in [0.3, 0.4) is 0 Å². The molecule has 2 rings (SSSR count). The molecule has 0 aliphatic carbocycles. The number of nitrogens with two attached hydrogens (primary N) is 1. The summed E-state index contributed by atoms with van der Waals surface area (Å²) in [5.41, 5.74) is 7.32. The van der Waals surface area contributed by atoms with Gasteiger partial charge in [-0.2, -0.15) is 11.8 Å². The fraction of sp³-hybridized carbons (Fsp3) is 0.571. The second kappa shape index (κ2) is 7.45. The van der Waals surface area contributed by atoms with E-state index in [0.29, 0.717) is 18.3 Å². The molecule has 1 fully saturated rings. The molecule has 3 N–H and O–H groups in total. The van der Waals surface area contributed by atoms with Crippen LogP contribution < -0.4 is 10.5 Å². The van der Waals surface area contributed by atoms with E-state index in [0.717, 1.165) is 23.3 Å². The standard InChI is InChI=1S/C14H22N2O2S2/c15-9-12-4-3-5-13(8-12)11-20(17,18)16-10-14-6-1-2-7-19-14/h3-5,8,14,16H,1-2,6-7,9-11,15H2. The highest BCUT2D eigenvalue weighted by Gasteiger charge is 2.18. The first-order valence-electron chi connectivity index (χ1n) is 6.96. The summed E-state index contributed by atoms with van der Waals surface area (Å²) in [6.07, 6.45) is 3.56. The number of hydrogen-bond acceptors (Lipinski definition) is 4. The van der Waals surface area contributed by atoms with Gasteiger partial charge in [-0.3, -0.25) is 0 Å². The highest BCUT2D eigenvalue weighted by atomic mass is 32.2. The minimum absolute atomic E-state index is 0.0260. The van der Waals surface area contributed by atoms with Crippen molar-refractivity contribution in [1.29, 1.82) is 0 Å². The topological polar surface area (TPSA) is 72.2 Å². The van der Waals surface area contributed by atoms with Crippen molar-refractivity contribution < 1.29 is 8.42 Å². The number of sulfonamides is 1. The van der Waals surface area contributed by atoms with Crippen LogP contribution in [0.1, 0.15) is 30.4 Å². The van der Waals surface area contributed by atoms with Crippen LogP contribution in [-0.4, -0.2) is 26.0 Å². The maximum absolute atomic E-state index is 12.1. The predicted molar refractivity (Wildman–Crippen MR) is 85.1 cm³/mol. The van der Waals surface area contributed by atoms with Crippen LogP contribution in [-0.2, 0) is 22.3 Å². The molecule has 1 atom stereocenters. The van der Waals surface area contributed by atoms with E-state index in [1.54, 1.807) is 0 Å². The molecular weight excluding hydrogens is 292 g/mol. The van der Waals surface area contributed by atoms with Gasteiger partial charge in [0.1, 0.15) is 0 Å². The van der Waals surface area contributed by atoms with Crippen molar-refractivity contribution in [2.45, 2.75) is 36.8 Å². The number of benzene rings is 1. The van der Waals surface area contributed by atoms with Crippen molar-refractivity contribution in [3.63, 3.8) is 0 Å². The molecule has 0 spiro atoms. The van der Waals surface area contributed by atoms with Gasteiger partial charge in [-0.25, -0.2) is 13.1 Å². The second-order valence-electron chi connectivity index (χ2n) is 5.12. The summed E-state index contributed by atoms with van der Waals surface area (Å²) in [6, 6.07) is 7.44. The smallest absolute Gasteiger partial charge is 0.215 e. The molecule has 6 heteroatoms. The van der Waals surface area contributed by atoms with E-state index in [9.17, 15) is 8.42 Å². The lowest BCUT2D eigenvalue weighted by Gasteiger charge is -2.21. The Balaban J connectivity index is 1.89. The Hall–Kier alpha value is -0.560. The minimum atomic E-state index is -3.26. The number of hydrogen-bond donors (Lipinski definition) is 2. The summed E-state index contributed by atoms with van der Waals surface area (Å²) in [4.78, 5) is 0. The maximum atomic E-state index is 12.1. The van der Waals surface area contributed by atoms with E-state index in [-0.39, 0.29) is 5.75 Å². The summed E-state index contributed by atoms with van der Waals surface area (Å²) in [5, 5.41) is 0.425. The predicted octanol–water partition coefficient (Wildman–Crippen LogP) is 1.85. The third-order valence-electron chi connectivity index (χ3n) is 3.39. The summed E-state index contributed by atoms with van der Waals surface area (Å²) >= 11 is 1.87. The Morgan fingerprint density at radius 2 is 2.10 bits per heavy atom. The van der Waals surface area contributed by atoms with Crippen LogP contribution in [0.25, 0.3) is 0 Å². The van der Waals surface area contributed by atoms with Crippen LogP contribution >= 0.6 is 11.8 Å². The zero-order valence-electron chi connectivity index (χ0n) is 11.5. The van der Waals surface area contributed by atoms with E-state index in [1.165, 1.54) is 12.8 Å². The fourth-order valence-corrected chi connectivity index (χ4v) is 4.82. The van der Waals surface area contributed by atoms with Crippen LogP contribution in [0.15, 0.2) is 24.3 Å². The molecule has 0 bridgehead atoms. The summed E-state index contributed by atoms with van der Waals surface area (Å²) < 4.78 is 26.9. The largest absolute Gasteiger partial charge is 0.326 e. The lowest BCUT2D eigenvalue weighted by atomic mass is 10.1. The van der Waals surface area contributed by atoms with Gasteiger partial charge in [0, 0.05) is 18.3 Å². The Morgan fingerprint density at radius 1 is 1.30 bits per heavy atom. The van der Waals surface area contributed by atoms with Gasteiger partial charge in [0.25, 0.3) is 0 Å². The summed E-state index contributed by atoms with van der Waals surface area (Å²) in [7, 11) is -3.26. The van der Waals surface area contributed by atoms with E-state index in [1.807, 2.05) is 36.0 Å². The van der Waals surface area contributed by atoms with Gasteiger partial charge in [-0.1, -0.05) is 30.7 Å². The molecule has 1 saturated heterocycles. The first-order chi connectivity index (χ1) is 9.59. The van der Waals surface area contributed by atoms with Crippen LogP contribution in [0.4, 0.5) is 0 Å². The first kappa shape index (κ1) is 15.8. The van der Waals surface area contributed by atoms with Crippen molar-refractivity contribution in [2.24, 2.45) is 5.73 Å². The molecule has 1 aromatic rings. The quantitative estimate of drug-likeness (QED) is 0.840. The number of rotatable bonds is 6. The van der Waals surface area contributed by atoms with Gasteiger partial charge < -0.3 is 5.73 Å². The van der Waals surface area contributed by atoms with Crippen molar-refractivity contribution in [1.82, 2.24) is 4.72 Å². The Morgan fingerprint density at radius 3 is 2.80 bits per heavy atom. The van der Waals surface area contributed by atoms with Gasteiger partial charge in [0.05, 0.1) is 5.75 Å². The van der Waals surface area contributed by atoms with Crippen LogP contribution in [0.5, 0.6) is 0 Å². The highest BCUT2D eigenvalue weighted by molar-refractivity contribution is 8.00. The zero-order chi connectivity index (χ0) is 14.4. The molecule has 0 amide bonds. The lowest BCUT2D eigenvalue weighted by molar-refractivity contribution is 0.573. The molecule has 1 unspecified atom stereocenters. The lowest BCUT2D eigenvalue weighted by Crippen LogP contribution is -2.32. The molecule has 112 valence electrons. The van der Waals surface area contributed by atoms with E-state index < -0.39 is 10.0 Å². The van der Waals surface area contributed by atoms with Crippen molar-refractivity contribution in [2.75, 3.05) is 12.3 Å². The average Bonchev–Trinajstić information content (AvgIpc) is 2.46.